The van der Waals surface area contributed by atoms with Crippen molar-refractivity contribution in [3.8, 4) is 11.3 Å². The van der Waals surface area contributed by atoms with Crippen LogP contribution in [0.25, 0.3) is 11.3 Å². The van der Waals surface area contributed by atoms with Crippen LogP contribution in [0.15, 0.2) is 24.4 Å². The number of hydrogen-bond donors (Lipinski definition) is 1. The molecule has 1 aromatic heterocycles. The molecule has 0 atom stereocenters. The van der Waals surface area contributed by atoms with Gasteiger partial charge in [-0.3, -0.25) is 4.68 Å². The van der Waals surface area contributed by atoms with Crippen molar-refractivity contribution in [2.75, 3.05) is 12.8 Å². The van der Waals surface area contributed by atoms with Crippen LogP contribution in [0, 0.1) is 0 Å². The zero-order valence-electron chi connectivity index (χ0n) is 11.2. The number of methoxy groups -OCH3 is 1. The molecule has 8 heteroatoms. The molecule has 1 aromatic carbocycles. The highest BCUT2D eigenvalue weighted by Crippen LogP contribution is 2.39. The smallest absolute Gasteiger partial charge is 0.417 e. The number of aromatic nitrogens is 2. The Kier molecular flexibility index (Phi) is 3.63. The van der Waals surface area contributed by atoms with Crippen molar-refractivity contribution in [2.24, 2.45) is 7.05 Å². The zero-order chi connectivity index (χ0) is 15.8. The fraction of sp³-hybridized carbons (Fsp3) is 0.231. The summed E-state index contributed by atoms with van der Waals surface area (Å²) < 4.78 is 45.3. The minimum absolute atomic E-state index is 0.0926. The molecular formula is C13H12F3N3O2. The number of hydrogen-bond acceptors (Lipinski definition) is 4. The number of carbonyl (C=O) groups excluding carboxylic acids is 1. The number of benzene rings is 1. The van der Waals surface area contributed by atoms with Crippen LogP contribution in [0.4, 0.5) is 18.9 Å². The van der Waals surface area contributed by atoms with Gasteiger partial charge in [-0.15, -0.1) is 0 Å². The quantitative estimate of drug-likeness (QED) is 0.683. The Labute approximate surface area is 118 Å². The van der Waals surface area contributed by atoms with E-state index < -0.39 is 17.7 Å². The van der Waals surface area contributed by atoms with E-state index in [1.807, 2.05) is 0 Å². The highest BCUT2D eigenvalue weighted by atomic mass is 19.4. The number of nitrogen functional groups attached to an aromatic ring is 1. The molecule has 0 aliphatic heterocycles. The molecule has 2 aromatic rings. The molecule has 0 bridgehead atoms. The van der Waals surface area contributed by atoms with E-state index >= 15 is 0 Å². The molecule has 5 nitrogen and oxygen atoms in total. The van der Waals surface area contributed by atoms with Crippen LogP contribution in [0.3, 0.4) is 0 Å². The van der Waals surface area contributed by atoms with Crippen molar-refractivity contribution in [3.63, 3.8) is 0 Å². The maximum Gasteiger partial charge on any atom is 0.417 e. The normalized spacial score (nSPS) is 11.5. The van der Waals surface area contributed by atoms with Crippen LogP contribution in [-0.4, -0.2) is 22.9 Å². The number of ether oxygens (including phenoxy) is 1. The lowest BCUT2D eigenvalue weighted by atomic mass is 9.99. The van der Waals surface area contributed by atoms with E-state index in [1.165, 1.54) is 16.9 Å². The summed E-state index contributed by atoms with van der Waals surface area (Å²) in [6.07, 6.45) is -3.11. The summed E-state index contributed by atoms with van der Waals surface area (Å²) in [7, 11) is 2.70. The van der Waals surface area contributed by atoms with E-state index in [9.17, 15) is 18.0 Å². The third kappa shape index (κ3) is 2.83. The monoisotopic (exact) mass is 299 g/mol. The van der Waals surface area contributed by atoms with E-state index in [1.54, 1.807) is 7.05 Å². The number of carbonyl (C=O) groups is 1. The van der Waals surface area contributed by atoms with Crippen LogP contribution in [0.2, 0.25) is 0 Å². The predicted octanol–water partition coefficient (Wildman–Crippen LogP) is 2.47. The molecule has 112 valence electrons. The van der Waals surface area contributed by atoms with Crippen molar-refractivity contribution in [2.45, 2.75) is 6.18 Å². The Morgan fingerprint density at radius 2 is 2.05 bits per heavy atom. The SMILES string of the molecule is COC(=O)c1cc(-c2ccn(C)n2)c(C(F)(F)F)cc1N. The molecule has 2 N–H and O–H groups in total. The molecule has 0 amide bonds. The lowest BCUT2D eigenvalue weighted by molar-refractivity contribution is -0.137. The number of nitrogens with zero attached hydrogens (tertiary/aromatic N) is 2. The summed E-state index contributed by atoms with van der Waals surface area (Å²) in [5, 5.41) is 3.93. The largest absolute Gasteiger partial charge is 0.465 e. The average Bonchev–Trinajstić information content (AvgIpc) is 2.83. The van der Waals surface area contributed by atoms with Crippen molar-refractivity contribution < 1.29 is 22.7 Å². The van der Waals surface area contributed by atoms with E-state index in [4.69, 9.17) is 5.73 Å². The van der Waals surface area contributed by atoms with E-state index in [-0.39, 0.29) is 22.5 Å². The molecule has 0 saturated carbocycles. The molecule has 0 saturated heterocycles. The minimum Gasteiger partial charge on any atom is -0.465 e. The number of anilines is 1. The van der Waals surface area contributed by atoms with Crippen LogP contribution in [0.1, 0.15) is 15.9 Å². The summed E-state index contributed by atoms with van der Waals surface area (Å²) in [4.78, 5) is 11.6. The van der Waals surface area contributed by atoms with Gasteiger partial charge in [-0.05, 0) is 18.2 Å². The van der Waals surface area contributed by atoms with Gasteiger partial charge in [0.2, 0.25) is 0 Å². The molecule has 2 rings (SSSR count). The second-order valence-electron chi connectivity index (χ2n) is 4.35. The number of rotatable bonds is 2. The topological polar surface area (TPSA) is 70.1 Å². The maximum atomic E-state index is 13.1. The molecule has 0 aliphatic carbocycles. The third-order valence-electron chi connectivity index (χ3n) is 2.89. The van der Waals surface area contributed by atoms with Gasteiger partial charge in [0.1, 0.15) is 0 Å². The van der Waals surface area contributed by atoms with Gasteiger partial charge in [0.25, 0.3) is 0 Å². The zero-order valence-corrected chi connectivity index (χ0v) is 11.2. The highest BCUT2D eigenvalue weighted by molar-refractivity contribution is 5.97. The molecule has 1 heterocycles. The standard InChI is InChI=1S/C13H12F3N3O2/c1-19-4-3-11(18-19)7-5-8(12(20)21-2)10(17)6-9(7)13(14,15)16/h3-6H,17H2,1-2H3. The molecule has 0 spiro atoms. The third-order valence-corrected chi connectivity index (χ3v) is 2.89. The summed E-state index contributed by atoms with van der Waals surface area (Å²) in [5.74, 6) is -0.807. The Hall–Kier alpha value is -2.51. The second-order valence-corrected chi connectivity index (χ2v) is 4.35. The summed E-state index contributed by atoms with van der Waals surface area (Å²) in [6, 6.07) is 3.18. The van der Waals surface area contributed by atoms with Crippen molar-refractivity contribution >= 4 is 11.7 Å². The summed E-state index contributed by atoms with van der Waals surface area (Å²) in [6.45, 7) is 0. The van der Waals surface area contributed by atoms with Crippen molar-refractivity contribution in [1.82, 2.24) is 9.78 Å². The predicted molar refractivity (Wildman–Crippen MR) is 69.4 cm³/mol. The summed E-state index contributed by atoms with van der Waals surface area (Å²) >= 11 is 0. The lowest BCUT2D eigenvalue weighted by Gasteiger charge is -2.14. The first-order chi connectivity index (χ1) is 9.74. The van der Waals surface area contributed by atoms with Gasteiger partial charge in [0.15, 0.2) is 0 Å². The first-order valence-corrected chi connectivity index (χ1v) is 5.83. The van der Waals surface area contributed by atoms with Gasteiger partial charge in [0, 0.05) is 24.5 Å². The van der Waals surface area contributed by atoms with Crippen LogP contribution in [0.5, 0.6) is 0 Å². The molecule has 0 fully saturated rings. The van der Waals surface area contributed by atoms with Crippen molar-refractivity contribution in [1.29, 1.82) is 0 Å². The maximum absolute atomic E-state index is 13.1. The average molecular weight is 299 g/mol. The Bertz CT molecular complexity index is 692. The fourth-order valence-corrected chi connectivity index (χ4v) is 1.91. The van der Waals surface area contributed by atoms with Crippen LogP contribution in [-0.2, 0) is 18.0 Å². The van der Waals surface area contributed by atoms with Gasteiger partial charge < -0.3 is 10.5 Å². The molecule has 21 heavy (non-hydrogen) atoms. The van der Waals surface area contributed by atoms with E-state index in [0.717, 1.165) is 19.2 Å². The Morgan fingerprint density at radius 1 is 1.38 bits per heavy atom. The van der Waals surface area contributed by atoms with E-state index in [2.05, 4.69) is 9.84 Å². The highest BCUT2D eigenvalue weighted by Gasteiger charge is 2.35. The van der Waals surface area contributed by atoms with Gasteiger partial charge in [0.05, 0.1) is 23.9 Å². The first-order valence-electron chi connectivity index (χ1n) is 5.83. The number of esters is 1. The first kappa shape index (κ1) is 14.9. The Balaban J connectivity index is 2.72. The Morgan fingerprint density at radius 3 is 2.52 bits per heavy atom. The lowest BCUT2D eigenvalue weighted by Crippen LogP contribution is -2.12. The second kappa shape index (κ2) is 5.12. The number of aryl methyl sites for hydroxylation is 1. The fourth-order valence-electron chi connectivity index (χ4n) is 1.91. The molecule has 0 unspecified atom stereocenters. The van der Waals surface area contributed by atoms with Gasteiger partial charge in [-0.25, -0.2) is 4.79 Å². The number of alkyl halides is 3. The van der Waals surface area contributed by atoms with Gasteiger partial charge >= 0.3 is 12.1 Å². The van der Waals surface area contributed by atoms with E-state index in [0.29, 0.717) is 0 Å². The number of nitrogens with two attached hydrogens (primary N) is 1. The van der Waals surface area contributed by atoms with Gasteiger partial charge in [-0.2, -0.15) is 18.3 Å². The number of halogens is 3. The van der Waals surface area contributed by atoms with Crippen LogP contribution >= 0.6 is 0 Å². The molecular weight excluding hydrogens is 287 g/mol. The molecule has 0 radical (unpaired) electrons. The van der Waals surface area contributed by atoms with Crippen molar-refractivity contribution in [3.05, 3.63) is 35.5 Å². The van der Waals surface area contributed by atoms with Gasteiger partial charge in [-0.1, -0.05) is 0 Å². The van der Waals surface area contributed by atoms with Crippen LogP contribution < -0.4 is 5.73 Å². The minimum atomic E-state index is -4.62. The summed E-state index contributed by atoms with van der Waals surface area (Å²) in [5.41, 5.74) is 4.01. The molecule has 0 aliphatic rings.